The van der Waals surface area contributed by atoms with Crippen molar-refractivity contribution in [3.63, 3.8) is 0 Å². The third-order valence-corrected chi connectivity index (χ3v) is 5.60. The lowest BCUT2D eigenvalue weighted by Gasteiger charge is -2.24. The van der Waals surface area contributed by atoms with E-state index in [4.69, 9.17) is 0 Å². The molecule has 0 bridgehead atoms. The molecule has 2 aromatic rings. The van der Waals surface area contributed by atoms with Crippen LogP contribution in [0.5, 0.6) is 0 Å². The Bertz CT molecular complexity index is 907. The molecule has 2 aliphatic heterocycles. The summed E-state index contributed by atoms with van der Waals surface area (Å²) in [6.45, 7) is 1.99. The van der Waals surface area contributed by atoms with Gasteiger partial charge in [-0.25, -0.2) is 0 Å². The largest absolute Gasteiger partial charge is 0.339 e. The maximum Gasteiger partial charge on any atom is 0.253 e. The predicted molar refractivity (Wildman–Crippen MR) is 110 cm³/mol. The molecule has 2 saturated heterocycles. The normalized spacial score (nSPS) is 18.9. The summed E-state index contributed by atoms with van der Waals surface area (Å²) >= 11 is 0. The van der Waals surface area contributed by atoms with Crippen molar-refractivity contribution in [2.24, 2.45) is 0 Å². The minimum Gasteiger partial charge on any atom is -0.339 e. The van der Waals surface area contributed by atoms with Crippen LogP contribution in [0.2, 0.25) is 0 Å². The van der Waals surface area contributed by atoms with Crippen LogP contribution in [0.1, 0.15) is 41.6 Å². The average Bonchev–Trinajstić information content (AvgIpc) is 3.39. The van der Waals surface area contributed by atoms with Crippen LogP contribution in [0.25, 0.3) is 0 Å². The zero-order valence-electron chi connectivity index (χ0n) is 16.3. The van der Waals surface area contributed by atoms with Gasteiger partial charge in [-0.15, -0.1) is 0 Å². The predicted octanol–water partition coefficient (Wildman–Crippen LogP) is 3.05. The fourth-order valence-corrected chi connectivity index (χ4v) is 4.04. The van der Waals surface area contributed by atoms with Gasteiger partial charge in [0, 0.05) is 37.3 Å². The molecule has 150 valence electrons. The lowest BCUT2D eigenvalue weighted by molar-refractivity contribution is -0.133. The number of likely N-dealkylation sites (tertiary alicyclic amines) is 2. The number of carbonyl (C=O) groups is 3. The fourth-order valence-electron chi connectivity index (χ4n) is 4.04. The Morgan fingerprint density at radius 2 is 1.76 bits per heavy atom. The second-order valence-corrected chi connectivity index (χ2v) is 7.63. The minimum absolute atomic E-state index is 0.000322. The quantitative estimate of drug-likeness (QED) is 0.852. The number of carbonyl (C=O) groups excluding carboxylic acids is 3. The molecular weight excluding hydrogens is 366 g/mol. The summed E-state index contributed by atoms with van der Waals surface area (Å²) in [6.07, 6.45) is 2.95. The third-order valence-electron chi connectivity index (χ3n) is 5.60. The van der Waals surface area contributed by atoms with E-state index in [1.54, 1.807) is 29.2 Å². The summed E-state index contributed by atoms with van der Waals surface area (Å²) in [4.78, 5) is 41.3. The second kappa shape index (κ2) is 8.47. The number of amides is 3. The van der Waals surface area contributed by atoms with E-state index < -0.39 is 6.04 Å². The van der Waals surface area contributed by atoms with Gasteiger partial charge in [-0.1, -0.05) is 36.4 Å². The molecule has 0 radical (unpaired) electrons. The maximum absolute atomic E-state index is 12.9. The number of hydrogen-bond acceptors (Lipinski definition) is 3. The molecule has 2 aliphatic rings. The van der Waals surface area contributed by atoms with Gasteiger partial charge in [-0.05, 0) is 43.0 Å². The molecule has 0 aliphatic carbocycles. The van der Waals surface area contributed by atoms with E-state index in [1.165, 1.54) is 0 Å². The number of hydrogen-bond donors (Lipinski definition) is 1. The Morgan fingerprint density at radius 3 is 2.52 bits per heavy atom. The van der Waals surface area contributed by atoms with Gasteiger partial charge in [0.05, 0.1) is 0 Å². The van der Waals surface area contributed by atoms with Gasteiger partial charge >= 0.3 is 0 Å². The molecule has 0 aromatic heterocycles. The Balaban J connectivity index is 1.45. The van der Waals surface area contributed by atoms with Crippen LogP contribution in [0.15, 0.2) is 54.6 Å². The minimum atomic E-state index is -0.499. The summed E-state index contributed by atoms with van der Waals surface area (Å²) in [5.41, 5.74) is 2.16. The number of nitrogens with one attached hydrogen (secondary N) is 1. The lowest BCUT2D eigenvalue weighted by Crippen LogP contribution is -2.41. The first kappa shape index (κ1) is 19.2. The molecule has 29 heavy (non-hydrogen) atoms. The smallest absolute Gasteiger partial charge is 0.253 e. The third kappa shape index (κ3) is 4.31. The van der Waals surface area contributed by atoms with E-state index in [2.05, 4.69) is 5.32 Å². The first-order chi connectivity index (χ1) is 14.1. The van der Waals surface area contributed by atoms with E-state index in [0.29, 0.717) is 30.6 Å². The number of anilines is 1. The molecule has 0 spiro atoms. The van der Waals surface area contributed by atoms with Crippen LogP contribution in [0, 0.1) is 0 Å². The molecule has 0 saturated carbocycles. The highest BCUT2D eigenvalue weighted by Gasteiger charge is 2.36. The fraction of sp³-hybridized carbons (Fsp3) is 0.348. The zero-order valence-corrected chi connectivity index (χ0v) is 16.3. The van der Waals surface area contributed by atoms with E-state index in [0.717, 1.165) is 31.5 Å². The van der Waals surface area contributed by atoms with Gasteiger partial charge in [0.25, 0.3) is 5.91 Å². The van der Waals surface area contributed by atoms with Crippen molar-refractivity contribution < 1.29 is 14.4 Å². The van der Waals surface area contributed by atoms with Crippen molar-refractivity contribution in [3.8, 4) is 0 Å². The number of nitrogens with zero attached hydrogens (tertiary/aromatic N) is 2. The molecule has 1 unspecified atom stereocenters. The summed E-state index contributed by atoms with van der Waals surface area (Å²) in [5.74, 6) is -0.218. The Kier molecular flexibility index (Phi) is 5.60. The number of rotatable bonds is 5. The maximum atomic E-state index is 12.9. The van der Waals surface area contributed by atoms with Gasteiger partial charge in [0.1, 0.15) is 6.04 Å². The first-order valence-electron chi connectivity index (χ1n) is 10.2. The van der Waals surface area contributed by atoms with Crippen LogP contribution >= 0.6 is 0 Å². The Labute approximate surface area is 170 Å². The van der Waals surface area contributed by atoms with Crippen LogP contribution in [-0.4, -0.2) is 46.7 Å². The standard InChI is InChI=1S/C23H25N3O3/c27-21-12-11-20(26(21)16-17-7-2-1-3-8-17)22(28)24-19-10-6-9-18(15-19)23(29)25-13-4-5-14-25/h1-3,6-10,15,20H,4-5,11-14,16H2,(H,24,28). The SMILES string of the molecule is O=C(Nc1cccc(C(=O)N2CCCC2)c1)C1CCC(=O)N1Cc1ccccc1. The average molecular weight is 391 g/mol. The number of benzene rings is 2. The molecule has 2 heterocycles. The highest BCUT2D eigenvalue weighted by molar-refractivity contribution is 6.00. The van der Waals surface area contributed by atoms with Crippen LogP contribution in [0.4, 0.5) is 5.69 Å². The molecule has 2 aromatic carbocycles. The topological polar surface area (TPSA) is 69.7 Å². The highest BCUT2D eigenvalue weighted by Crippen LogP contribution is 2.23. The van der Waals surface area contributed by atoms with Crippen molar-refractivity contribution >= 4 is 23.4 Å². The van der Waals surface area contributed by atoms with Crippen molar-refractivity contribution in [2.45, 2.75) is 38.3 Å². The molecule has 2 fully saturated rings. The van der Waals surface area contributed by atoms with Gasteiger partial charge in [-0.3, -0.25) is 14.4 Å². The van der Waals surface area contributed by atoms with E-state index in [1.807, 2.05) is 35.2 Å². The lowest BCUT2D eigenvalue weighted by atomic mass is 10.1. The van der Waals surface area contributed by atoms with E-state index in [9.17, 15) is 14.4 Å². The molecule has 1 N–H and O–H groups in total. The van der Waals surface area contributed by atoms with E-state index >= 15 is 0 Å². The first-order valence-corrected chi connectivity index (χ1v) is 10.2. The van der Waals surface area contributed by atoms with Crippen molar-refractivity contribution in [1.29, 1.82) is 0 Å². The highest BCUT2D eigenvalue weighted by atomic mass is 16.2. The monoisotopic (exact) mass is 391 g/mol. The van der Waals surface area contributed by atoms with Crippen molar-refractivity contribution in [2.75, 3.05) is 18.4 Å². The molecule has 6 nitrogen and oxygen atoms in total. The molecule has 6 heteroatoms. The second-order valence-electron chi connectivity index (χ2n) is 7.63. The molecule has 4 rings (SSSR count). The van der Waals surface area contributed by atoms with Crippen LogP contribution in [0.3, 0.4) is 0 Å². The zero-order chi connectivity index (χ0) is 20.2. The summed E-state index contributed by atoms with van der Waals surface area (Å²) < 4.78 is 0. The Morgan fingerprint density at radius 1 is 1.00 bits per heavy atom. The van der Waals surface area contributed by atoms with E-state index in [-0.39, 0.29) is 17.7 Å². The van der Waals surface area contributed by atoms with Gasteiger partial charge in [0.15, 0.2) is 0 Å². The summed E-state index contributed by atoms with van der Waals surface area (Å²) in [5, 5.41) is 2.90. The van der Waals surface area contributed by atoms with Gasteiger partial charge in [-0.2, -0.15) is 0 Å². The van der Waals surface area contributed by atoms with Crippen LogP contribution < -0.4 is 5.32 Å². The summed E-state index contributed by atoms with van der Waals surface area (Å²) in [7, 11) is 0. The van der Waals surface area contributed by atoms with Crippen LogP contribution in [-0.2, 0) is 16.1 Å². The van der Waals surface area contributed by atoms with Crippen molar-refractivity contribution in [1.82, 2.24) is 9.80 Å². The van der Waals surface area contributed by atoms with Gasteiger partial charge in [0.2, 0.25) is 11.8 Å². The molecule has 1 atom stereocenters. The van der Waals surface area contributed by atoms with Crippen molar-refractivity contribution in [3.05, 3.63) is 65.7 Å². The van der Waals surface area contributed by atoms with Gasteiger partial charge < -0.3 is 15.1 Å². The Hall–Kier alpha value is -3.15. The summed E-state index contributed by atoms with van der Waals surface area (Å²) in [6, 6.07) is 16.2. The molecule has 3 amide bonds. The molecular formula is C23H25N3O3.